The molecular formula is C23H34N4O3S. The Kier molecular flexibility index (Phi) is 8.15. The van der Waals surface area contributed by atoms with E-state index >= 15 is 0 Å². The van der Waals surface area contributed by atoms with Gasteiger partial charge in [-0.2, -0.15) is 0 Å². The van der Waals surface area contributed by atoms with Gasteiger partial charge in [-0.05, 0) is 56.3 Å². The van der Waals surface area contributed by atoms with E-state index in [2.05, 4.69) is 47.8 Å². The van der Waals surface area contributed by atoms with Gasteiger partial charge < -0.3 is 29.6 Å². The third-order valence-corrected chi connectivity index (χ3v) is 5.92. The van der Waals surface area contributed by atoms with Gasteiger partial charge in [0.15, 0.2) is 16.6 Å². The minimum atomic E-state index is -0.105. The topological polar surface area (TPSA) is 69.8 Å². The molecule has 8 heteroatoms. The SMILES string of the molecule is CCN(CC)CCCN(Cc1cc2cc3c(cc2[nH]c1=O)OCO3)C(=S)NCC(C)C. The normalized spacial score (nSPS) is 12.7. The van der Waals surface area contributed by atoms with Crippen LogP contribution < -0.4 is 20.3 Å². The van der Waals surface area contributed by atoms with E-state index in [1.54, 1.807) is 0 Å². The molecule has 0 aliphatic carbocycles. The van der Waals surface area contributed by atoms with Crippen LogP contribution in [-0.2, 0) is 6.54 Å². The lowest BCUT2D eigenvalue weighted by Gasteiger charge is -2.28. The molecule has 0 saturated carbocycles. The van der Waals surface area contributed by atoms with Crippen LogP contribution in [-0.4, -0.2) is 59.4 Å². The van der Waals surface area contributed by atoms with Crippen LogP contribution in [0.1, 0.15) is 39.7 Å². The highest BCUT2D eigenvalue weighted by atomic mass is 32.1. The Morgan fingerprint density at radius 3 is 2.55 bits per heavy atom. The second-order valence-corrected chi connectivity index (χ2v) is 8.69. The lowest BCUT2D eigenvalue weighted by molar-refractivity contribution is 0.174. The van der Waals surface area contributed by atoms with Gasteiger partial charge in [0.1, 0.15) is 0 Å². The van der Waals surface area contributed by atoms with Crippen molar-refractivity contribution >= 4 is 28.2 Å². The molecule has 2 heterocycles. The second kappa shape index (κ2) is 10.8. The zero-order chi connectivity index (χ0) is 22.4. The summed E-state index contributed by atoms with van der Waals surface area (Å²) in [6.45, 7) is 14.0. The molecule has 1 aromatic heterocycles. The third-order valence-electron chi connectivity index (χ3n) is 5.52. The van der Waals surface area contributed by atoms with E-state index in [1.165, 1.54) is 0 Å². The van der Waals surface area contributed by atoms with Gasteiger partial charge in [0.2, 0.25) is 6.79 Å². The maximum atomic E-state index is 12.8. The van der Waals surface area contributed by atoms with E-state index in [4.69, 9.17) is 21.7 Å². The largest absolute Gasteiger partial charge is 0.454 e. The van der Waals surface area contributed by atoms with Crippen LogP contribution in [0.5, 0.6) is 11.5 Å². The number of hydrogen-bond donors (Lipinski definition) is 2. The minimum absolute atomic E-state index is 0.105. The summed E-state index contributed by atoms with van der Waals surface area (Å²) in [6.07, 6.45) is 0.981. The molecule has 0 unspecified atom stereocenters. The number of nitrogens with one attached hydrogen (secondary N) is 2. The van der Waals surface area contributed by atoms with Crippen LogP contribution in [0, 0.1) is 5.92 Å². The van der Waals surface area contributed by atoms with Gasteiger partial charge in [-0.25, -0.2) is 0 Å². The first-order valence-electron chi connectivity index (χ1n) is 11.1. The minimum Gasteiger partial charge on any atom is -0.454 e. The van der Waals surface area contributed by atoms with E-state index in [1.807, 2.05) is 18.2 Å². The van der Waals surface area contributed by atoms with Crippen LogP contribution in [0.3, 0.4) is 0 Å². The number of benzene rings is 1. The van der Waals surface area contributed by atoms with Gasteiger partial charge in [-0.1, -0.05) is 27.7 Å². The van der Waals surface area contributed by atoms with E-state index in [-0.39, 0.29) is 12.4 Å². The fourth-order valence-electron chi connectivity index (χ4n) is 3.64. The molecule has 0 fully saturated rings. The highest BCUT2D eigenvalue weighted by Gasteiger charge is 2.17. The van der Waals surface area contributed by atoms with Crippen molar-refractivity contribution in [2.75, 3.05) is 39.5 Å². The number of ether oxygens (including phenoxy) is 2. The first kappa shape index (κ1) is 23.3. The number of aromatic nitrogens is 1. The quantitative estimate of drug-likeness (QED) is 0.543. The van der Waals surface area contributed by atoms with Crippen molar-refractivity contribution < 1.29 is 9.47 Å². The zero-order valence-electron chi connectivity index (χ0n) is 19.0. The average molecular weight is 447 g/mol. The smallest absolute Gasteiger partial charge is 0.253 e. The second-order valence-electron chi connectivity index (χ2n) is 8.30. The maximum Gasteiger partial charge on any atom is 0.253 e. The summed E-state index contributed by atoms with van der Waals surface area (Å²) in [4.78, 5) is 20.3. The molecule has 170 valence electrons. The summed E-state index contributed by atoms with van der Waals surface area (Å²) >= 11 is 5.69. The Labute approximate surface area is 189 Å². The first-order chi connectivity index (χ1) is 14.9. The maximum absolute atomic E-state index is 12.8. The van der Waals surface area contributed by atoms with Crippen molar-refractivity contribution in [3.63, 3.8) is 0 Å². The predicted octanol–water partition coefficient (Wildman–Crippen LogP) is 3.32. The lowest BCUT2D eigenvalue weighted by atomic mass is 10.1. The molecule has 3 rings (SSSR count). The highest BCUT2D eigenvalue weighted by molar-refractivity contribution is 7.80. The van der Waals surface area contributed by atoms with Gasteiger partial charge >= 0.3 is 0 Å². The number of rotatable bonds is 10. The Hall–Kier alpha value is -2.32. The summed E-state index contributed by atoms with van der Waals surface area (Å²) in [5.74, 6) is 1.85. The molecule has 1 aliphatic heterocycles. The van der Waals surface area contributed by atoms with Crippen molar-refractivity contribution in [1.29, 1.82) is 0 Å². The zero-order valence-corrected chi connectivity index (χ0v) is 19.8. The van der Waals surface area contributed by atoms with Gasteiger partial charge in [-0.3, -0.25) is 4.79 Å². The monoisotopic (exact) mass is 446 g/mol. The summed E-state index contributed by atoms with van der Waals surface area (Å²) in [6, 6.07) is 5.66. The number of aromatic amines is 1. The van der Waals surface area contributed by atoms with Crippen LogP contribution >= 0.6 is 12.2 Å². The van der Waals surface area contributed by atoms with Crippen LogP contribution in [0.4, 0.5) is 0 Å². The van der Waals surface area contributed by atoms with E-state index in [9.17, 15) is 4.79 Å². The summed E-state index contributed by atoms with van der Waals surface area (Å²) < 4.78 is 10.9. The van der Waals surface area contributed by atoms with Crippen LogP contribution in [0.15, 0.2) is 23.0 Å². The average Bonchev–Trinajstić information content (AvgIpc) is 3.20. The molecule has 7 nitrogen and oxygen atoms in total. The van der Waals surface area contributed by atoms with Gasteiger partial charge in [0.05, 0.1) is 12.1 Å². The molecule has 0 atom stereocenters. The van der Waals surface area contributed by atoms with E-state index < -0.39 is 0 Å². The van der Waals surface area contributed by atoms with Gasteiger partial charge in [0.25, 0.3) is 5.56 Å². The number of pyridine rings is 1. The fourth-order valence-corrected chi connectivity index (χ4v) is 3.88. The Balaban J connectivity index is 1.78. The van der Waals surface area contributed by atoms with Crippen molar-refractivity contribution in [2.24, 2.45) is 5.92 Å². The summed E-state index contributed by atoms with van der Waals surface area (Å²) in [5, 5.41) is 4.97. The third kappa shape index (κ3) is 6.11. The molecule has 1 aliphatic rings. The fraction of sp³-hybridized carbons (Fsp3) is 0.565. The summed E-state index contributed by atoms with van der Waals surface area (Å²) in [7, 11) is 0. The Bertz CT molecular complexity index is 956. The van der Waals surface area contributed by atoms with Crippen molar-refractivity contribution in [2.45, 2.75) is 40.7 Å². The molecule has 1 aromatic carbocycles. The molecule has 0 spiro atoms. The molecular weight excluding hydrogens is 412 g/mol. The molecule has 0 radical (unpaired) electrons. The van der Waals surface area contributed by atoms with E-state index in [0.717, 1.165) is 50.0 Å². The van der Waals surface area contributed by atoms with Crippen LogP contribution in [0.25, 0.3) is 10.9 Å². The van der Waals surface area contributed by atoms with Crippen molar-refractivity contribution in [3.05, 3.63) is 34.1 Å². The summed E-state index contributed by atoms with van der Waals surface area (Å²) in [5.41, 5.74) is 1.32. The number of nitrogens with zero attached hydrogens (tertiary/aromatic N) is 2. The Morgan fingerprint density at radius 2 is 1.87 bits per heavy atom. The van der Waals surface area contributed by atoms with Crippen molar-refractivity contribution in [3.8, 4) is 11.5 Å². The predicted molar refractivity (Wildman–Crippen MR) is 129 cm³/mol. The number of fused-ring (bicyclic) bond motifs is 2. The molecule has 0 bridgehead atoms. The standard InChI is InChI=1S/C23H34N4O3S/c1-5-26(6-2)8-7-9-27(23(31)24-13-16(3)4)14-18-10-17-11-20-21(30-15-29-20)12-19(17)25-22(18)28/h10-12,16H,5-9,13-15H2,1-4H3,(H,24,31)(H,25,28). The van der Waals surface area contributed by atoms with E-state index in [0.29, 0.717) is 34.6 Å². The number of thiocarbonyl (C=S) groups is 1. The highest BCUT2D eigenvalue weighted by Crippen LogP contribution is 2.35. The number of H-pyrrole nitrogens is 1. The molecule has 2 N–H and O–H groups in total. The van der Waals surface area contributed by atoms with Crippen LogP contribution in [0.2, 0.25) is 0 Å². The molecule has 31 heavy (non-hydrogen) atoms. The molecule has 0 amide bonds. The van der Waals surface area contributed by atoms with Crippen molar-refractivity contribution in [1.82, 2.24) is 20.1 Å². The Morgan fingerprint density at radius 1 is 1.16 bits per heavy atom. The molecule has 2 aromatic rings. The molecule has 0 saturated heterocycles. The first-order valence-corrected chi connectivity index (χ1v) is 11.5. The van der Waals surface area contributed by atoms with Gasteiger partial charge in [0, 0.05) is 30.1 Å². The number of hydrogen-bond acceptors (Lipinski definition) is 5. The lowest BCUT2D eigenvalue weighted by Crippen LogP contribution is -2.42. The van der Waals surface area contributed by atoms with Gasteiger partial charge in [-0.15, -0.1) is 0 Å².